The van der Waals surface area contributed by atoms with Gasteiger partial charge in [0.25, 0.3) is 0 Å². The second-order valence-electron chi connectivity index (χ2n) is 4.49. The van der Waals surface area contributed by atoms with Crippen LogP contribution in [0.15, 0.2) is 52.3 Å². The zero-order chi connectivity index (χ0) is 14.5. The molecule has 2 aromatic carbocycles. The molecule has 0 saturated heterocycles. The van der Waals surface area contributed by atoms with Crippen LogP contribution in [0.3, 0.4) is 0 Å². The van der Waals surface area contributed by atoms with Gasteiger partial charge in [-0.25, -0.2) is 4.39 Å². The van der Waals surface area contributed by atoms with Crippen molar-refractivity contribution in [2.45, 2.75) is 29.7 Å². The Kier molecular flexibility index (Phi) is 5.46. The van der Waals surface area contributed by atoms with Gasteiger partial charge in [-0.15, -0.1) is 0 Å². The van der Waals surface area contributed by atoms with E-state index >= 15 is 0 Å². The number of nitrogens with one attached hydrogen (secondary N) is 1. The van der Waals surface area contributed by atoms with Crippen LogP contribution in [-0.4, -0.2) is 6.54 Å². The quantitative estimate of drug-likeness (QED) is 0.804. The van der Waals surface area contributed by atoms with Gasteiger partial charge in [0, 0.05) is 16.0 Å². The molecule has 0 radical (unpaired) electrons. The van der Waals surface area contributed by atoms with Crippen LogP contribution in [-0.2, 0) is 0 Å². The molecule has 2 aromatic rings. The van der Waals surface area contributed by atoms with E-state index < -0.39 is 0 Å². The molecule has 20 heavy (non-hydrogen) atoms. The van der Waals surface area contributed by atoms with Crippen LogP contribution in [0.4, 0.5) is 4.39 Å². The Morgan fingerprint density at radius 3 is 2.55 bits per heavy atom. The average Bonchev–Trinajstić information content (AvgIpc) is 2.43. The molecule has 2 rings (SSSR count). The van der Waals surface area contributed by atoms with Crippen LogP contribution in [0.5, 0.6) is 0 Å². The Bertz CT molecular complexity index is 571. The molecule has 0 aliphatic rings. The molecule has 0 amide bonds. The van der Waals surface area contributed by atoms with Gasteiger partial charge in [0.1, 0.15) is 5.82 Å². The SMILES string of the molecule is CCNC(C)c1cccc(F)c1Sc1ccc(Cl)cc1. The molecular weight excluding hydrogens is 293 g/mol. The Hall–Kier alpha value is -1.03. The number of hydrogen-bond donors (Lipinski definition) is 1. The molecule has 1 unspecified atom stereocenters. The maximum absolute atomic E-state index is 14.1. The van der Waals surface area contributed by atoms with Crippen molar-refractivity contribution in [3.8, 4) is 0 Å². The van der Waals surface area contributed by atoms with Gasteiger partial charge in [0.15, 0.2) is 0 Å². The third-order valence-corrected chi connectivity index (χ3v) is 4.40. The maximum Gasteiger partial charge on any atom is 0.137 e. The van der Waals surface area contributed by atoms with Crippen molar-refractivity contribution in [1.29, 1.82) is 0 Å². The first-order valence-electron chi connectivity index (χ1n) is 6.57. The van der Waals surface area contributed by atoms with Gasteiger partial charge in [-0.2, -0.15) is 0 Å². The lowest BCUT2D eigenvalue weighted by molar-refractivity contribution is 0.558. The van der Waals surface area contributed by atoms with E-state index in [1.54, 1.807) is 6.07 Å². The average molecular weight is 310 g/mol. The summed E-state index contributed by atoms with van der Waals surface area (Å²) in [4.78, 5) is 1.65. The topological polar surface area (TPSA) is 12.0 Å². The summed E-state index contributed by atoms with van der Waals surface area (Å²) >= 11 is 7.31. The van der Waals surface area contributed by atoms with E-state index in [9.17, 15) is 4.39 Å². The van der Waals surface area contributed by atoms with Gasteiger partial charge in [-0.1, -0.05) is 42.4 Å². The fraction of sp³-hybridized carbons (Fsp3) is 0.250. The summed E-state index contributed by atoms with van der Waals surface area (Å²) < 4.78 is 14.1. The van der Waals surface area contributed by atoms with E-state index in [1.807, 2.05) is 44.2 Å². The molecule has 0 bridgehead atoms. The number of benzene rings is 2. The van der Waals surface area contributed by atoms with Crippen LogP contribution in [0, 0.1) is 5.82 Å². The summed E-state index contributed by atoms with van der Waals surface area (Å²) in [6, 6.07) is 12.8. The number of rotatable bonds is 5. The Labute approximate surface area is 128 Å². The first-order chi connectivity index (χ1) is 9.61. The summed E-state index contributed by atoms with van der Waals surface area (Å²) in [5.41, 5.74) is 0.979. The summed E-state index contributed by atoms with van der Waals surface area (Å²) in [5.74, 6) is -0.188. The van der Waals surface area contributed by atoms with Gasteiger partial charge < -0.3 is 5.32 Å². The zero-order valence-electron chi connectivity index (χ0n) is 11.5. The smallest absolute Gasteiger partial charge is 0.137 e. The second kappa shape index (κ2) is 7.11. The molecule has 1 N–H and O–H groups in total. The highest BCUT2D eigenvalue weighted by molar-refractivity contribution is 7.99. The molecule has 0 fully saturated rings. The summed E-state index contributed by atoms with van der Waals surface area (Å²) in [5, 5.41) is 4.01. The molecule has 4 heteroatoms. The highest BCUT2D eigenvalue weighted by Gasteiger charge is 2.14. The van der Waals surface area contributed by atoms with E-state index in [4.69, 9.17) is 11.6 Å². The fourth-order valence-corrected chi connectivity index (χ4v) is 3.17. The van der Waals surface area contributed by atoms with E-state index in [0.717, 1.165) is 17.0 Å². The van der Waals surface area contributed by atoms with Crippen LogP contribution in [0.25, 0.3) is 0 Å². The van der Waals surface area contributed by atoms with E-state index in [-0.39, 0.29) is 11.9 Å². The zero-order valence-corrected chi connectivity index (χ0v) is 13.1. The Morgan fingerprint density at radius 2 is 1.90 bits per heavy atom. The monoisotopic (exact) mass is 309 g/mol. The van der Waals surface area contributed by atoms with Crippen molar-refractivity contribution in [2.75, 3.05) is 6.54 Å². The van der Waals surface area contributed by atoms with Crippen molar-refractivity contribution in [3.05, 3.63) is 58.9 Å². The molecule has 0 spiro atoms. The van der Waals surface area contributed by atoms with Crippen molar-refractivity contribution in [3.63, 3.8) is 0 Å². The third kappa shape index (κ3) is 3.75. The lowest BCUT2D eigenvalue weighted by atomic mass is 10.1. The molecule has 0 aliphatic heterocycles. The largest absolute Gasteiger partial charge is 0.310 e. The minimum Gasteiger partial charge on any atom is -0.310 e. The Morgan fingerprint density at radius 1 is 1.20 bits per heavy atom. The lowest BCUT2D eigenvalue weighted by Gasteiger charge is -2.17. The fourth-order valence-electron chi connectivity index (χ4n) is 2.01. The van der Waals surface area contributed by atoms with E-state index in [2.05, 4.69) is 5.32 Å². The molecule has 1 atom stereocenters. The predicted molar refractivity (Wildman–Crippen MR) is 84.1 cm³/mol. The summed E-state index contributed by atoms with van der Waals surface area (Å²) in [6.45, 7) is 4.94. The maximum atomic E-state index is 14.1. The van der Waals surface area contributed by atoms with E-state index in [1.165, 1.54) is 17.8 Å². The van der Waals surface area contributed by atoms with Crippen LogP contribution in [0.1, 0.15) is 25.5 Å². The molecule has 0 aliphatic carbocycles. The minimum absolute atomic E-state index is 0.116. The normalized spacial score (nSPS) is 12.4. The minimum atomic E-state index is -0.188. The lowest BCUT2D eigenvalue weighted by Crippen LogP contribution is -2.18. The van der Waals surface area contributed by atoms with Crippen molar-refractivity contribution >= 4 is 23.4 Å². The first kappa shape index (κ1) is 15.4. The number of hydrogen-bond acceptors (Lipinski definition) is 2. The van der Waals surface area contributed by atoms with Gasteiger partial charge in [0.2, 0.25) is 0 Å². The molecule has 0 aromatic heterocycles. The summed E-state index contributed by atoms with van der Waals surface area (Å²) in [6.07, 6.45) is 0. The Balaban J connectivity index is 2.32. The molecule has 0 saturated carbocycles. The molecule has 106 valence electrons. The molecule has 0 heterocycles. The van der Waals surface area contributed by atoms with Crippen LogP contribution < -0.4 is 5.32 Å². The van der Waals surface area contributed by atoms with E-state index in [0.29, 0.717) is 9.92 Å². The highest BCUT2D eigenvalue weighted by atomic mass is 35.5. The molecular formula is C16H17ClFNS. The predicted octanol–water partition coefficient (Wildman–Crippen LogP) is 5.30. The highest BCUT2D eigenvalue weighted by Crippen LogP contribution is 2.35. The third-order valence-electron chi connectivity index (χ3n) is 3.01. The van der Waals surface area contributed by atoms with Gasteiger partial charge in [-0.3, -0.25) is 0 Å². The molecule has 1 nitrogen and oxygen atoms in total. The van der Waals surface area contributed by atoms with Gasteiger partial charge >= 0.3 is 0 Å². The summed E-state index contributed by atoms with van der Waals surface area (Å²) in [7, 11) is 0. The standard InChI is InChI=1S/C16H17ClFNS/c1-3-19-11(2)14-5-4-6-15(18)16(14)20-13-9-7-12(17)8-10-13/h4-11,19H,3H2,1-2H3. The van der Waals surface area contributed by atoms with Crippen molar-refractivity contribution < 1.29 is 4.39 Å². The van der Waals surface area contributed by atoms with Crippen LogP contribution >= 0.6 is 23.4 Å². The first-order valence-corrected chi connectivity index (χ1v) is 7.76. The van der Waals surface area contributed by atoms with Crippen molar-refractivity contribution in [1.82, 2.24) is 5.32 Å². The van der Waals surface area contributed by atoms with Crippen LogP contribution in [0.2, 0.25) is 5.02 Å². The van der Waals surface area contributed by atoms with Crippen molar-refractivity contribution in [2.24, 2.45) is 0 Å². The number of halogens is 2. The second-order valence-corrected chi connectivity index (χ2v) is 6.01. The van der Waals surface area contributed by atoms with Gasteiger partial charge in [0.05, 0.1) is 4.90 Å². The van der Waals surface area contributed by atoms with Gasteiger partial charge in [-0.05, 0) is 49.4 Å².